The molecule has 0 saturated heterocycles. The molecule has 1 heterocycles. The van der Waals surface area contributed by atoms with Gasteiger partial charge in [-0.15, -0.1) is 0 Å². The van der Waals surface area contributed by atoms with E-state index in [1.807, 2.05) is 16.9 Å². The predicted octanol–water partition coefficient (Wildman–Crippen LogP) is 2.24. The van der Waals surface area contributed by atoms with Crippen LogP contribution in [-0.2, 0) is 22.9 Å². The highest BCUT2D eigenvalue weighted by Gasteiger charge is 2.21. The van der Waals surface area contributed by atoms with Crippen molar-refractivity contribution in [2.45, 2.75) is 25.4 Å². The van der Waals surface area contributed by atoms with Gasteiger partial charge in [0.15, 0.2) is 0 Å². The molecule has 0 radical (unpaired) electrons. The first kappa shape index (κ1) is 20.8. The zero-order valence-electron chi connectivity index (χ0n) is 16.0. The van der Waals surface area contributed by atoms with Crippen LogP contribution < -0.4 is 14.8 Å². The lowest BCUT2D eigenvalue weighted by atomic mass is 9.98. The summed E-state index contributed by atoms with van der Waals surface area (Å²) >= 11 is 0. The van der Waals surface area contributed by atoms with Gasteiger partial charge >= 0.3 is 6.03 Å². The first-order valence-electron chi connectivity index (χ1n) is 9.10. The number of carbonyl (C=O) groups excluding carboxylic acids is 1. The lowest BCUT2D eigenvalue weighted by Crippen LogP contribution is -2.33. The highest BCUT2D eigenvalue weighted by Crippen LogP contribution is 2.38. The number of nitrogens with one attached hydrogen (secondary N) is 2. The molecule has 1 aromatic heterocycles. The average Bonchev–Trinajstić information content (AvgIpc) is 3.14. The SMILES string of the molecule is C=CC(CO)Oc1cc(-c2ccc3c(c2NC(=O)NS(C)(=O)=O)CCC3)ccn1. The van der Waals surface area contributed by atoms with Crippen LogP contribution in [0, 0.1) is 0 Å². The molecule has 154 valence electrons. The van der Waals surface area contributed by atoms with E-state index in [1.54, 1.807) is 18.3 Å². The van der Waals surface area contributed by atoms with Crippen LogP contribution in [0.15, 0.2) is 43.1 Å². The lowest BCUT2D eigenvalue weighted by molar-refractivity contribution is 0.145. The highest BCUT2D eigenvalue weighted by molar-refractivity contribution is 7.89. The summed E-state index contributed by atoms with van der Waals surface area (Å²) in [6.07, 6.45) is 6.03. The maximum atomic E-state index is 12.2. The van der Waals surface area contributed by atoms with E-state index in [9.17, 15) is 18.3 Å². The number of hydrogen-bond donors (Lipinski definition) is 3. The number of urea groups is 1. The number of rotatable bonds is 7. The van der Waals surface area contributed by atoms with E-state index in [0.29, 0.717) is 11.6 Å². The smallest absolute Gasteiger partial charge is 0.332 e. The second-order valence-corrected chi connectivity index (χ2v) is 8.51. The standard InChI is InChI=1S/C20H23N3O5S/c1-3-15(12-24)28-18-11-14(9-10-21-18)17-8-7-13-5-4-6-16(13)19(17)22-20(25)23-29(2,26)27/h3,7-11,15,24H,1,4-6,12H2,2H3,(H2,22,23,25). The van der Waals surface area contributed by atoms with Crippen molar-refractivity contribution in [2.24, 2.45) is 0 Å². The number of aliphatic hydroxyl groups is 1. The summed E-state index contributed by atoms with van der Waals surface area (Å²) in [5, 5.41) is 12.0. The number of ether oxygens (including phenoxy) is 1. The number of aromatic nitrogens is 1. The molecule has 0 saturated carbocycles. The van der Waals surface area contributed by atoms with Crippen LogP contribution in [0.3, 0.4) is 0 Å². The fraction of sp³-hybridized carbons (Fsp3) is 0.300. The van der Waals surface area contributed by atoms with E-state index in [2.05, 4.69) is 16.9 Å². The first-order chi connectivity index (χ1) is 13.8. The number of nitrogens with zero attached hydrogens (tertiary/aromatic N) is 1. The molecule has 0 spiro atoms. The zero-order chi connectivity index (χ0) is 21.0. The number of pyridine rings is 1. The Labute approximate surface area is 169 Å². The van der Waals surface area contributed by atoms with E-state index in [0.717, 1.165) is 47.8 Å². The third-order valence-corrected chi connectivity index (χ3v) is 5.12. The van der Waals surface area contributed by atoms with E-state index < -0.39 is 22.2 Å². The van der Waals surface area contributed by atoms with Crippen molar-refractivity contribution in [3.05, 3.63) is 54.2 Å². The van der Waals surface area contributed by atoms with Gasteiger partial charge in [0.2, 0.25) is 15.9 Å². The second kappa shape index (κ2) is 8.62. The van der Waals surface area contributed by atoms with Gasteiger partial charge in [-0.05, 0) is 48.1 Å². The molecule has 3 N–H and O–H groups in total. The molecule has 1 aliphatic rings. The van der Waals surface area contributed by atoms with Crippen molar-refractivity contribution in [3.8, 4) is 17.0 Å². The largest absolute Gasteiger partial charge is 0.468 e. The van der Waals surface area contributed by atoms with Crippen LogP contribution in [0.1, 0.15) is 17.5 Å². The van der Waals surface area contributed by atoms with Crippen LogP contribution >= 0.6 is 0 Å². The summed E-state index contributed by atoms with van der Waals surface area (Å²) in [5.74, 6) is 0.300. The van der Waals surface area contributed by atoms with Gasteiger partial charge in [-0.2, -0.15) is 0 Å². The van der Waals surface area contributed by atoms with Gasteiger partial charge in [0.25, 0.3) is 0 Å². The van der Waals surface area contributed by atoms with Crippen molar-refractivity contribution in [1.82, 2.24) is 9.71 Å². The zero-order valence-corrected chi connectivity index (χ0v) is 16.8. The Kier molecular flexibility index (Phi) is 6.19. The van der Waals surface area contributed by atoms with Gasteiger partial charge < -0.3 is 15.2 Å². The second-order valence-electron chi connectivity index (χ2n) is 6.77. The van der Waals surface area contributed by atoms with Crippen LogP contribution in [0.2, 0.25) is 0 Å². The van der Waals surface area contributed by atoms with Crippen molar-refractivity contribution < 1.29 is 23.1 Å². The molecular formula is C20H23N3O5S. The summed E-state index contributed by atoms with van der Waals surface area (Å²) in [5.41, 5.74) is 4.15. The van der Waals surface area contributed by atoms with Crippen molar-refractivity contribution >= 4 is 21.7 Å². The van der Waals surface area contributed by atoms with Crippen LogP contribution in [0.25, 0.3) is 11.1 Å². The van der Waals surface area contributed by atoms with Crippen molar-refractivity contribution in [1.29, 1.82) is 0 Å². The molecule has 3 rings (SSSR count). The number of benzene rings is 1. The lowest BCUT2D eigenvalue weighted by Gasteiger charge is -2.17. The third-order valence-electron chi connectivity index (χ3n) is 4.56. The van der Waals surface area contributed by atoms with Crippen LogP contribution in [0.4, 0.5) is 10.5 Å². The highest BCUT2D eigenvalue weighted by atomic mass is 32.2. The fourth-order valence-electron chi connectivity index (χ4n) is 3.31. The Morgan fingerprint density at radius 2 is 2.17 bits per heavy atom. The van der Waals surface area contributed by atoms with E-state index in [-0.39, 0.29) is 6.61 Å². The molecule has 0 bridgehead atoms. The molecule has 0 aliphatic heterocycles. The van der Waals surface area contributed by atoms with E-state index in [4.69, 9.17) is 4.74 Å². The third kappa shape index (κ3) is 5.12. The van der Waals surface area contributed by atoms with Gasteiger partial charge in [0, 0.05) is 17.8 Å². The maximum absolute atomic E-state index is 12.2. The van der Waals surface area contributed by atoms with Gasteiger partial charge in [-0.1, -0.05) is 18.7 Å². The molecule has 2 amide bonds. The minimum absolute atomic E-state index is 0.229. The van der Waals surface area contributed by atoms with Crippen LogP contribution in [0.5, 0.6) is 5.88 Å². The summed E-state index contributed by atoms with van der Waals surface area (Å²) < 4.78 is 30.3. The summed E-state index contributed by atoms with van der Waals surface area (Å²) in [6, 6.07) is 6.55. The summed E-state index contributed by atoms with van der Waals surface area (Å²) in [4.78, 5) is 16.4. The number of amides is 2. The average molecular weight is 417 g/mol. The fourth-order valence-corrected chi connectivity index (χ4v) is 3.70. The number of fused-ring (bicyclic) bond motifs is 1. The van der Waals surface area contributed by atoms with E-state index >= 15 is 0 Å². The number of anilines is 1. The molecule has 1 unspecified atom stereocenters. The van der Waals surface area contributed by atoms with Crippen LogP contribution in [-0.4, -0.2) is 43.5 Å². The summed E-state index contributed by atoms with van der Waals surface area (Å²) in [6.45, 7) is 3.38. The summed E-state index contributed by atoms with van der Waals surface area (Å²) in [7, 11) is -3.69. The molecule has 9 heteroatoms. The van der Waals surface area contributed by atoms with Gasteiger partial charge in [0.1, 0.15) is 6.10 Å². The predicted molar refractivity (Wildman–Crippen MR) is 110 cm³/mol. The minimum atomic E-state index is -3.69. The quantitative estimate of drug-likeness (QED) is 0.595. The van der Waals surface area contributed by atoms with Crippen molar-refractivity contribution in [3.63, 3.8) is 0 Å². The maximum Gasteiger partial charge on any atom is 0.332 e. The Hall–Kier alpha value is -2.91. The Morgan fingerprint density at radius 3 is 2.86 bits per heavy atom. The molecule has 1 aliphatic carbocycles. The van der Waals surface area contributed by atoms with E-state index in [1.165, 1.54) is 6.08 Å². The molecule has 1 aromatic carbocycles. The van der Waals surface area contributed by atoms with Gasteiger partial charge in [-0.25, -0.2) is 22.9 Å². The molecule has 1 atom stereocenters. The number of carbonyl (C=O) groups is 1. The van der Waals surface area contributed by atoms with Gasteiger partial charge in [-0.3, -0.25) is 0 Å². The molecular weight excluding hydrogens is 394 g/mol. The molecule has 8 nitrogen and oxygen atoms in total. The topological polar surface area (TPSA) is 118 Å². The van der Waals surface area contributed by atoms with Gasteiger partial charge in [0.05, 0.1) is 18.6 Å². The molecule has 2 aromatic rings. The number of hydrogen-bond acceptors (Lipinski definition) is 6. The normalized spacial score (nSPS) is 14.0. The Morgan fingerprint density at radius 1 is 1.38 bits per heavy atom. The molecule has 0 fully saturated rings. The van der Waals surface area contributed by atoms with Crippen molar-refractivity contribution in [2.75, 3.05) is 18.2 Å². The molecule has 29 heavy (non-hydrogen) atoms. The Balaban J connectivity index is 1.99. The monoisotopic (exact) mass is 417 g/mol. The number of sulfonamides is 1. The Bertz CT molecular complexity index is 1040. The first-order valence-corrected chi connectivity index (χ1v) is 11.0. The number of aliphatic hydroxyl groups excluding tert-OH is 1. The number of aryl methyl sites for hydroxylation is 1. The minimum Gasteiger partial charge on any atom is -0.468 e.